The first-order valence-electron chi connectivity index (χ1n) is 5.91. The summed E-state index contributed by atoms with van der Waals surface area (Å²) in [6, 6.07) is 0. The molecule has 0 aliphatic heterocycles. The Labute approximate surface area is 91.0 Å². The Morgan fingerprint density at radius 2 is 0.923 bits per heavy atom. The maximum absolute atomic E-state index is 2.38. The fourth-order valence-electron chi connectivity index (χ4n) is 2.29. The van der Waals surface area contributed by atoms with Crippen LogP contribution in [0.2, 0.25) is 15.8 Å². The predicted molar refractivity (Wildman–Crippen MR) is 65.8 cm³/mol. The lowest BCUT2D eigenvalue weighted by atomic mass is 10.2. The highest BCUT2D eigenvalue weighted by atomic mass is 27.2. The number of rotatable bonds is 6. The maximum Gasteiger partial charge on any atom is 0.262 e. The van der Waals surface area contributed by atoms with Gasteiger partial charge in [-0.25, -0.2) is 0 Å². The molecule has 0 saturated carbocycles. The van der Waals surface area contributed by atoms with Gasteiger partial charge in [0.1, 0.15) is 0 Å². The van der Waals surface area contributed by atoms with Gasteiger partial charge in [0.25, 0.3) is 14.1 Å². The van der Waals surface area contributed by atoms with Crippen molar-refractivity contribution < 1.29 is 1.43 Å². The van der Waals surface area contributed by atoms with E-state index in [9.17, 15) is 0 Å². The standard InChI is InChI=1S/3C4H9.Al.H/c3*1-4(2)3;;/h3*4H,1H2,2-3H3;;/q;;;;-1. The fraction of sp³-hybridized carbons (Fsp3) is 1.00. The molecule has 0 heterocycles. The molecule has 0 saturated heterocycles. The third kappa shape index (κ3) is 8.85. The molecule has 0 aromatic rings. The van der Waals surface area contributed by atoms with Gasteiger partial charge in [0.15, 0.2) is 0 Å². The number of hydrogen-bond acceptors (Lipinski definition) is 0. The van der Waals surface area contributed by atoms with Crippen LogP contribution in [0.25, 0.3) is 0 Å². The molecule has 0 N–H and O–H groups in total. The highest BCUT2D eigenvalue weighted by Gasteiger charge is 2.20. The smallest absolute Gasteiger partial charge is 0.262 e. The van der Waals surface area contributed by atoms with E-state index < -0.39 is 14.1 Å². The van der Waals surface area contributed by atoms with Gasteiger partial charge in [0.2, 0.25) is 0 Å². The molecule has 0 aromatic heterocycles. The first kappa shape index (κ1) is 13.5. The Hall–Kier alpha value is 0.532. The summed E-state index contributed by atoms with van der Waals surface area (Å²) in [6.45, 7) is 14.3. The van der Waals surface area contributed by atoms with Crippen LogP contribution in [0.15, 0.2) is 0 Å². The molecule has 0 spiro atoms. The van der Waals surface area contributed by atoms with Crippen molar-refractivity contribution in [3.63, 3.8) is 0 Å². The Balaban J connectivity index is 0. The van der Waals surface area contributed by atoms with E-state index in [2.05, 4.69) is 41.5 Å². The second kappa shape index (κ2) is 6.91. The van der Waals surface area contributed by atoms with Gasteiger partial charge >= 0.3 is 0 Å². The second-order valence-electron chi connectivity index (χ2n) is 5.75. The fourth-order valence-corrected chi connectivity index (χ4v) is 6.87. The van der Waals surface area contributed by atoms with E-state index in [0.717, 1.165) is 17.8 Å². The normalized spacial score (nSPS) is 11.8. The molecular weight excluding hydrogens is 171 g/mol. The van der Waals surface area contributed by atoms with E-state index in [1.54, 1.807) is 15.8 Å². The molecule has 80 valence electrons. The van der Waals surface area contributed by atoms with Crippen LogP contribution < -0.4 is 0 Å². The zero-order valence-corrected chi connectivity index (χ0v) is 11.6. The van der Waals surface area contributed by atoms with Gasteiger partial charge in [-0.05, 0) is 0 Å². The average molecular weight is 199 g/mol. The summed E-state index contributed by atoms with van der Waals surface area (Å²) in [4.78, 5) is 0. The van der Waals surface area contributed by atoms with Crippen molar-refractivity contribution in [1.29, 1.82) is 0 Å². The van der Waals surface area contributed by atoms with E-state index in [1.165, 1.54) is 0 Å². The van der Waals surface area contributed by atoms with Crippen molar-refractivity contribution in [2.45, 2.75) is 57.4 Å². The lowest BCUT2D eigenvalue weighted by Gasteiger charge is -2.17. The third-order valence-corrected chi connectivity index (χ3v) is 7.24. The molecular formula is C12H28Al-. The Morgan fingerprint density at radius 3 is 1.08 bits per heavy atom. The van der Waals surface area contributed by atoms with Gasteiger partial charge in [0.05, 0.1) is 0 Å². The first-order chi connectivity index (χ1) is 5.91. The van der Waals surface area contributed by atoms with Gasteiger partial charge in [-0.1, -0.05) is 75.1 Å². The zero-order chi connectivity index (χ0) is 10.4. The van der Waals surface area contributed by atoms with Crippen LogP contribution in [0.4, 0.5) is 0 Å². The molecule has 0 nitrogen and oxygen atoms in total. The minimum atomic E-state index is -0.407. The summed E-state index contributed by atoms with van der Waals surface area (Å²) in [5, 5.41) is 4.66. The topological polar surface area (TPSA) is 0 Å². The summed E-state index contributed by atoms with van der Waals surface area (Å²) in [7, 11) is 0. The van der Waals surface area contributed by atoms with Crippen molar-refractivity contribution >= 4 is 14.1 Å². The van der Waals surface area contributed by atoms with Crippen molar-refractivity contribution in [3.05, 3.63) is 0 Å². The molecule has 0 bridgehead atoms. The molecule has 0 aromatic carbocycles. The van der Waals surface area contributed by atoms with E-state index in [4.69, 9.17) is 0 Å². The van der Waals surface area contributed by atoms with Crippen LogP contribution >= 0.6 is 0 Å². The summed E-state index contributed by atoms with van der Waals surface area (Å²) in [5.41, 5.74) is 0. The van der Waals surface area contributed by atoms with Crippen LogP contribution in [0.1, 0.15) is 43.0 Å². The molecule has 0 atom stereocenters. The van der Waals surface area contributed by atoms with E-state index in [0.29, 0.717) is 0 Å². The van der Waals surface area contributed by atoms with E-state index >= 15 is 0 Å². The predicted octanol–water partition coefficient (Wildman–Crippen LogP) is 4.56. The lowest BCUT2D eigenvalue weighted by Crippen LogP contribution is -2.19. The molecule has 0 amide bonds. The maximum atomic E-state index is 2.38. The molecule has 0 aliphatic carbocycles. The van der Waals surface area contributed by atoms with Gasteiger partial charge in [-0.2, -0.15) is 0 Å². The van der Waals surface area contributed by atoms with Crippen molar-refractivity contribution in [3.8, 4) is 0 Å². The number of hydrogen-bond donors (Lipinski definition) is 0. The molecule has 0 radical (unpaired) electrons. The largest absolute Gasteiger partial charge is 1.00 e. The van der Waals surface area contributed by atoms with Crippen LogP contribution in [-0.2, 0) is 0 Å². The minimum Gasteiger partial charge on any atom is -1.00 e. The summed E-state index contributed by atoms with van der Waals surface area (Å²) in [6.07, 6.45) is 0. The third-order valence-electron chi connectivity index (χ3n) is 2.41. The minimum absolute atomic E-state index is 0. The zero-order valence-electron chi connectivity index (χ0n) is 11.4. The Morgan fingerprint density at radius 1 is 0.692 bits per heavy atom. The molecule has 0 unspecified atom stereocenters. The SMILES string of the molecule is CC(C)[CH2][Al]([CH2]C(C)C)[CH2]C(C)C.[H-]. The van der Waals surface area contributed by atoms with Crippen LogP contribution in [0.5, 0.6) is 0 Å². The van der Waals surface area contributed by atoms with E-state index in [-0.39, 0.29) is 1.43 Å². The second-order valence-corrected chi connectivity index (χ2v) is 8.90. The average Bonchev–Trinajstić information content (AvgIpc) is 1.80. The quantitative estimate of drug-likeness (QED) is 0.550. The monoisotopic (exact) mass is 199 g/mol. The highest BCUT2D eigenvalue weighted by molar-refractivity contribution is 6.58. The highest BCUT2D eigenvalue weighted by Crippen LogP contribution is 2.20. The molecule has 0 aliphatic rings. The summed E-state index contributed by atoms with van der Waals surface area (Å²) < 4.78 is 0. The van der Waals surface area contributed by atoms with Crippen molar-refractivity contribution in [2.75, 3.05) is 0 Å². The van der Waals surface area contributed by atoms with Crippen LogP contribution in [0, 0.1) is 17.8 Å². The molecule has 0 fully saturated rings. The Kier molecular flexibility index (Phi) is 7.19. The van der Waals surface area contributed by atoms with E-state index in [1.807, 2.05) is 0 Å². The van der Waals surface area contributed by atoms with Gasteiger partial charge < -0.3 is 1.43 Å². The summed E-state index contributed by atoms with van der Waals surface area (Å²) in [5.74, 6) is 2.78. The van der Waals surface area contributed by atoms with Crippen molar-refractivity contribution in [2.24, 2.45) is 17.8 Å². The Bertz CT molecular complexity index is 97.7. The molecule has 0 rings (SSSR count). The lowest BCUT2D eigenvalue weighted by molar-refractivity contribution is 0.659. The first-order valence-corrected chi connectivity index (χ1v) is 8.36. The van der Waals surface area contributed by atoms with Crippen LogP contribution in [0.3, 0.4) is 0 Å². The van der Waals surface area contributed by atoms with Gasteiger partial charge in [0, 0.05) is 0 Å². The van der Waals surface area contributed by atoms with Gasteiger partial charge in [-0.3, -0.25) is 0 Å². The van der Waals surface area contributed by atoms with Crippen molar-refractivity contribution in [1.82, 2.24) is 0 Å². The summed E-state index contributed by atoms with van der Waals surface area (Å²) >= 11 is -0.407. The molecule has 13 heavy (non-hydrogen) atoms. The molecule has 1 heteroatoms. The van der Waals surface area contributed by atoms with Crippen LogP contribution in [-0.4, -0.2) is 14.1 Å². The van der Waals surface area contributed by atoms with Gasteiger partial charge in [-0.15, -0.1) is 0 Å².